The van der Waals surface area contributed by atoms with Crippen molar-refractivity contribution in [2.45, 2.75) is 31.7 Å². The maximum atomic E-state index is 11.6. The first kappa shape index (κ1) is 8.50. The summed E-state index contributed by atoms with van der Waals surface area (Å²) in [7, 11) is 0. The van der Waals surface area contributed by atoms with Gasteiger partial charge in [-0.2, -0.15) is 0 Å². The van der Waals surface area contributed by atoms with Crippen molar-refractivity contribution in [2.75, 3.05) is 0 Å². The number of carbonyl (C=O) groups is 1. The summed E-state index contributed by atoms with van der Waals surface area (Å²) in [6.07, 6.45) is 4.22. The second-order valence-corrected chi connectivity index (χ2v) is 3.69. The van der Waals surface area contributed by atoms with E-state index in [2.05, 4.69) is 5.43 Å². The van der Waals surface area contributed by atoms with E-state index in [4.69, 9.17) is 11.1 Å². The minimum Gasteiger partial charge on any atom is -0.369 e. The van der Waals surface area contributed by atoms with Crippen LogP contribution in [-0.2, 0) is 4.79 Å². The molecule has 2 fully saturated rings. The highest BCUT2D eigenvalue weighted by molar-refractivity contribution is 5.97. The number of guanidine groups is 1. The van der Waals surface area contributed by atoms with E-state index in [1.807, 2.05) is 0 Å². The fraction of sp³-hybridized carbons (Fsp3) is 0.750. The Morgan fingerprint density at radius 2 is 2.23 bits per heavy atom. The summed E-state index contributed by atoms with van der Waals surface area (Å²) in [6, 6.07) is 0.213. The van der Waals surface area contributed by atoms with Gasteiger partial charge in [0.15, 0.2) is 0 Å². The van der Waals surface area contributed by atoms with Gasteiger partial charge in [-0.15, -0.1) is 0 Å². The fourth-order valence-corrected chi connectivity index (χ4v) is 2.16. The third-order valence-electron chi connectivity index (χ3n) is 2.84. The molecule has 5 heteroatoms. The molecular weight excluding hydrogens is 168 g/mol. The molecule has 0 aromatic heterocycles. The van der Waals surface area contributed by atoms with E-state index in [1.54, 1.807) is 0 Å². The van der Waals surface area contributed by atoms with Gasteiger partial charge in [0.1, 0.15) is 0 Å². The SMILES string of the molecule is N=C(N)N1NC2CCCCC2C1=O. The summed E-state index contributed by atoms with van der Waals surface area (Å²) >= 11 is 0. The van der Waals surface area contributed by atoms with Crippen molar-refractivity contribution in [1.29, 1.82) is 5.41 Å². The van der Waals surface area contributed by atoms with Crippen molar-refractivity contribution in [3.63, 3.8) is 0 Å². The quantitative estimate of drug-likeness (QED) is 0.358. The molecule has 72 valence electrons. The molecule has 1 aliphatic heterocycles. The average Bonchev–Trinajstić information content (AvgIpc) is 2.45. The van der Waals surface area contributed by atoms with Crippen LogP contribution in [0.25, 0.3) is 0 Å². The van der Waals surface area contributed by atoms with Gasteiger partial charge in [0, 0.05) is 6.04 Å². The molecule has 0 aromatic rings. The lowest BCUT2D eigenvalue weighted by Gasteiger charge is -2.21. The minimum absolute atomic E-state index is 0.0304. The number of hydrogen-bond donors (Lipinski definition) is 3. The van der Waals surface area contributed by atoms with Gasteiger partial charge in [-0.25, -0.2) is 10.4 Å². The zero-order valence-corrected chi connectivity index (χ0v) is 7.42. The van der Waals surface area contributed by atoms with Crippen molar-refractivity contribution in [3.05, 3.63) is 0 Å². The van der Waals surface area contributed by atoms with Gasteiger partial charge in [0.05, 0.1) is 5.92 Å². The molecule has 0 radical (unpaired) electrons. The topological polar surface area (TPSA) is 82.2 Å². The summed E-state index contributed by atoms with van der Waals surface area (Å²) in [5, 5.41) is 8.37. The third-order valence-corrected chi connectivity index (χ3v) is 2.84. The highest BCUT2D eigenvalue weighted by atomic mass is 16.2. The molecule has 5 nitrogen and oxygen atoms in total. The molecule has 1 heterocycles. The Hall–Kier alpha value is -1.10. The number of rotatable bonds is 0. The van der Waals surface area contributed by atoms with Gasteiger partial charge in [0.2, 0.25) is 11.9 Å². The van der Waals surface area contributed by atoms with E-state index in [-0.39, 0.29) is 23.8 Å². The molecule has 1 saturated heterocycles. The minimum atomic E-state index is -0.195. The van der Waals surface area contributed by atoms with Crippen LogP contribution in [0.5, 0.6) is 0 Å². The van der Waals surface area contributed by atoms with Crippen LogP contribution in [0.4, 0.5) is 0 Å². The molecular formula is C8H14N4O. The molecule has 0 aromatic carbocycles. The van der Waals surface area contributed by atoms with Crippen molar-refractivity contribution in [1.82, 2.24) is 10.4 Å². The Labute approximate surface area is 76.7 Å². The fourth-order valence-electron chi connectivity index (χ4n) is 2.16. The summed E-state index contributed by atoms with van der Waals surface area (Å²) in [5.41, 5.74) is 8.24. The molecule has 4 N–H and O–H groups in total. The lowest BCUT2D eigenvalue weighted by Crippen LogP contribution is -2.45. The smallest absolute Gasteiger partial charge is 0.248 e. The maximum Gasteiger partial charge on any atom is 0.248 e. The zero-order chi connectivity index (χ0) is 9.42. The Morgan fingerprint density at radius 1 is 1.54 bits per heavy atom. The molecule has 2 atom stereocenters. The average molecular weight is 182 g/mol. The monoisotopic (exact) mass is 182 g/mol. The number of nitrogens with two attached hydrogens (primary N) is 1. The van der Waals surface area contributed by atoms with E-state index in [0.29, 0.717) is 0 Å². The Balaban J connectivity index is 2.14. The number of amides is 1. The van der Waals surface area contributed by atoms with E-state index < -0.39 is 0 Å². The second kappa shape index (κ2) is 2.99. The molecule has 0 spiro atoms. The first-order chi connectivity index (χ1) is 6.20. The standard InChI is InChI=1S/C8H14N4O/c9-8(10)12-7(13)5-3-1-2-4-6(5)11-12/h5-6,11H,1-4H2,(H3,9,10). The highest BCUT2D eigenvalue weighted by Crippen LogP contribution is 2.29. The number of nitrogens with zero attached hydrogens (tertiary/aromatic N) is 1. The molecule has 1 amide bonds. The molecule has 2 aliphatic rings. The number of fused-ring (bicyclic) bond motifs is 1. The summed E-state index contributed by atoms with van der Waals surface area (Å²) in [6.45, 7) is 0. The largest absolute Gasteiger partial charge is 0.369 e. The van der Waals surface area contributed by atoms with Gasteiger partial charge in [0.25, 0.3) is 0 Å². The van der Waals surface area contributed by atoms with Crippen LogP contribution < -0.4 is 11.2 Å². The van der Waals surface area contributed by atoms with Crippen LogP contribution >= 0.6 is 0 Å². The first-order valence-corrected chi connectivity index (χ1v) is 4.64. The van der Waals surface area contributed by atoms with Crippen LogP contribution in [-0.4, -0.2) is 22.9 Å². The van der Waals surface area contributed by atoms with Gasteiger partial charge in [-0.05, 0) is 12.8 Å². The van der Waals surface area contributed by atoms with Gasteiger partial charge in [-0.1, -0.05) is 12.8 Å². The van der Waals surface area contributed by atoms with Crippen molar-refractivity contribution in [3.8, 4) is 0 Å². The predicted octanol–water partition coefficient (Wildman–Crippen LogP) is -0.215. The Kier molecular flexibility index (Phi) is 1.95. The van der Waals surface area contributed by atoms with Crippen LogP contribution in [0, 0.1) is 11.3 Å². The number of hydrogen-bond acceptors (Lipinski definition) is 3. The van der Waals surface area contributed by atoms with Gasteiger partial charge in [-0.3, -0.25) is 10.2 Å². The van der Waals surface area contributed by atoms with Crippen LogP contribution in [0.1, 0.15) is 25.7 Å². The van der Waals surface area contributed by atoms with E-state index in [1.165, 1.54) is 5.01 Å². The van der Waals surface area contributed by atoms with Crippen molar-refractivity contribution >= 4 is 11.9 Å². The number of hydrazine groups is 1. The molecule has 1 saturated carbocycles. The highest BCUT2D eigenvalue weighted by Gasteiger charge is 2.42. The van der Waals surface area contributed by atoms with E-state index >= 15 is 0 Å². The molecule has 2 rings (SSSR count). The Morgan fingerprint density at radius 3 is 2.85 bits per heavy atom. The van der Waals surface area contributed by atoms with E-state index in [0.717, 1.165) is 25.7 Å². The third kappa shape index (κ3) is 1.29. The van der Waals surface area contributed by atoms with Crippen LogP contribution in [0.2, 0.25) is 0 Å². The lowest BCUT2D eigenvalue weighted by molar-refractivity contribution is -0.129. The van der Waals surface area contributed by atoms with Crippen LogP contribution in [0.3, 0.4) is 0 Å². The van der Waals surface area contributed by atoms with E-state index in [9.17, 15) is 4.79 Å². The first-order valence-electron chi connectivity index (χ1n) is 4.64. The Bertz CT molecular complexity index is 253. The predicted molar refractivity (Wildman–Crippen MR) is 47.6 cm³/mol. The number of nitrogens with one attached hydrogen (secondary N) is 2. The van der Waals surface area contributed by atoms with Crippen molar-refractivity contribution in [2.24, 2.45) is 11.7 Å². The lowest BCUT2D eigenvalue weighted by atomic mass is 9.86. The zero-order valence-electron chi connectivity index (χ0n) is 7.42. The van der Waals surface area contributed by atoms with Gasteiger partial charge < -0.3 is 5.73 Å². The summed E-state index contributed by atoms with van der Waals surface area (Å²) in [5.74, 6) is -0.172. The van der Waals surface area contributed by atoms with Crippen LogP contribution in [0.15, 0.2) is 0 Å². The second-order valence-electron chi connectivity index (χ2n) is 3.69. The maximum absolute atomic E-state index is 11.6. The van der Waals surface area contributed by atoms with Crippen molar-refractivity contribution < 1.29 is 4.79 Å². The molecule has 1 aliphatic carbocycles. The number of carbonyl (C=O) groups excluding carboxylic acids is 1. The summed E-state index contributed by atoms with van der Waals surface area (Å²) < 4.78 is 0. The molecule has 0 bridgehead atoms. The molecule has 2 unspecified atom stereocenters. The normalized spacial score (nSPS) is 33.2. The van der Waals surface area contributed by atoms with Gasteiger partial charge >= 0.3 is 0 Å². The molecule has 13 heavy (non-hydrogen) atoms. The summed E-state index contributed by atoms with van der Waals surface area (Å²) in [4.78, 5) is 11.6.